The van der Waals surface area contributed by atoms with Crippen molar-refractivity contribution in [1.82, 2.24) is 14.7 Å². The molecule has 0 bridgehead atoms. The van der Waals surface area contributed by atoms with Crippen LogP contribution < -0.4 is 0 Å². The monoisotopic (exact) mass is 501 g/mol. The van der Waals surface area contributed by atoms with Gasteiger partial charge >= 0.3 is 6.18 Å². The molecule has 9 heteroatoms. The number of nitrogens with zero attached hydrogens (tertiary/aromatic N) is 3. The van der Waals surface area contributed by atoms with E-state index in [-0.39, 0.29) is 18.1 Å². The molecule has 33 heavy (non-hydrogen) atoms. The van der Waals surface area contributed by atoms with Gasteiger partial charge in [0.1, 0.15) is 5.69 Å². The largest absolute Gasteiger partial charge is 0.433 e. The minimum Gasteiger partial charge on any atom is -0.374 e. The number of alkyl halides is 3. The summed E-state index contributed by atoms with van der Waals surface area (Å²) in [7, 11) is 1.37. The van der Waals surface area contributed by atoms with Crippen molar-refractivity contribution >= 4 is 23.4 Å². The van der Waals surface area contributed by atoms with Crippen LogP contribution in [0.2, 0.25) is 5.02 Å². The van der Waals surface area contributed by atoms with Gasteiger partial charge in [-0.15, -0.1) is 0 Å². The SMILES string of the molecule is CSCC1CN(C2CCC(c3cc(C(F)(F)F)n(C)n3)CC2)C(Cc2ccc(Cl)cc2)CO1. The third kappa shape index (κ3) is 6.08. The molecule has 2 atom stereocenters. The minimum absolute atomic E-state index is 0.0845. The van der Waals surface area contributed by atoms with Crippen LogP contribution in [0.25, 0.3) is 0 Å². The van der Waals surface area contributed by atoms with Crippen molar-refractivity contribution < 1.29 is 17.9 Å². The predicted molar refractivity (Wildman–Crippen MR) is 127 cm³/mol. The second kappa shape index (κ2) is 10.6. The zero-order valence-corrected chi connectivity index (χ0v) is 20.6. The van der Waals surface area contributed by atoms with Crippen LogP contribution in [0, 0.1) is 0 Å². The maximum absolute atomic E-state index is 13.2. The summed E-state index contributed by atoms with van der Waals surface area (Å²) in [6.45, 7) is 1.60. The fraction of sp³-hybridized carbons (Fsp3) is 0.625. The van der Waals surface area contributed by atoms with E-state index in [1.54, 1.807) is 11.8 Å². The van der Waals surface area contributed by atoms with E-state index >= 15 is 0 Å². The van der Waals surface area contributed by atoms with Gasteiger partial charge in [-0.25, -0.2) is 0 Å². The molecule has 2 fully saturated rings. The lowest BCUT2D eigenvalue weighted by molar-refractivity contribution is -0.143. The van der Waals surface area contributed by atoms with Crippen molar-refractivity contribution in [2.75, 3.05) is 25.2 Å². The zero-order chi connectivity index (χ0) is 23.6. The number of halogens is 4. The molecule has 1 aliphatic heterocycles. The maximum atomic E-state index is 13.2. The van der Waals surface area contributed by atoms with Gasteiger partial charge < -0.3 is 4.74 Å². The smallest absolute Gasteiger partial charge is 0.374 e. The Morgan fingerprint density at radius 2 is 1.85 bits per heavy atom. The molecular weight excluding hydrogens is 471 g/mol. The van der Waals surface area contributed by atoms with Crippen LogP contribution in [0.1, 0.15) is 48.6 Å². The quantitative estimate of drug-likeness (QED) is 0.501. The van der Waals surface area contributed by atoms with Crippen molar-refractivity contribution in [3.8, 4) is 0 Å². The number of ether oxygens (including phenoxy) is 1. The normalized spacial score (nSPS) is 27.1. The fourth-order valence-corrected chi connectivity index (χ4v) is 5.94. The van der Waals surface area contributed by atoms with E-state index in [9.17, 15) is 13.2 Å². The summed E-state index contributed by atoms with van der Waals surface area (Å²) in [6, 6.07) is 9.94. The van der Waals surface area contributed by atoms with Gasteiger partial charge in [-0.3, -0.25) is 9.58 Å². The molecule has 2 aromatic rings. The summed E-state index contributed by atoms with van der Waals surface area (Å²) < 4.78 is 46.7. The number of hydrogen-bond acceptors (Lipinski definition) is 4. The van der Waals surface area contributed by atoms with E-state index in [1.807, 2.05) is 12.1 Å². The number of rotatable bonds is 6. The van der Waals surface area contributed by atoms with Crippen LogP contribution in [-0.4, -0.2) is 58.0 Å². The molecule has 0 N–H and O–H groups in total. The third-order valence-electron chi connectivity index (χ3n) is 6.92. The van der Waals surface area contributed by atoms with Gasteiger partial charge in [-0.2, -0.15) is 30.0 Å². The van der Waals surface area contributed by atoms with Gasteiger partial charge in [-0.05, 0) is 62.1 Å². The Balaban J connectivity index is 1.43. The first-order chi connectivity index (χ1) is 15.7. The summed E-state index contributed by atoms with van der Waals surface area (Å²) in [4.78, 5) is 2.61. The standard InChI is InChI=1S/C24H31ClF3N3OS/c1-30-23(24(26,27)28)12-22(29-30)17-5-9-19(10-6-17)31-13-21(15-33-2)32-14-20(31)11-16-3-7-18(25)8-4-16/h3-4,7-8,12,17,19-21H,5-6,9-11,13-15H2,1-2H3. The van der Waals surface area contributed by atoms with Gasteiger partial charge in [0.25, 0.3) is 0 Å². The van der Waals surface area contributed by atoms with Crippen molar-refractivity contribution in [2.45, 2.75) is 62.4 Å². The van der Waals surface area contributed by atoms with E-state index in [0.717, 1.165) is 54.1 Å². The number of thioether (sulfide) groups is 1. The average molecular weight is 502 g/mol. The highest BCUT2D eigenvalue weighted by Crippen LogP contribution is 2.38. The molecule has 4 rings (SSSR count). The Morgan fingerprint density at radius 1 is 1.15 bits per heavy atom. The second-order valence-corrected chi connectivity index (χ2v) is 10.5. The summed E-state index contributed by atoms with van der Waals surface area (Å²) >= 11 is 7.85. The van der Waals surface area contributed by atoms with E-state index in [4.69, 9.17) is 16.3 Å². The highest BCUT2D eigenvalue weighted by Gasteiger charge is 2.38. The van der Waals surface area contributed by atoms with Crippen molar-refractivity contribution in [1.29, 1.82) is 0 Å². The Hall–Kier alpha value is -1.22. The molecule has 2 aliphatic rings. The van der Waals surface area contributed by atoms with E-state index in [1.165, 1.54) is 18.7 Å². The lowest BCUT2D eigenvalue weighted by atomic mass is 9.82. The van der Waals surface area contributed by atoms with E-state index < -0.39 is 11.9 Å². The number of morpholine rings is 1. The Bertz CT molecular complexity index is 913. The van der Waals surface area contributed by atoms with Crippen LogP contribution in [-0.2, 0) is 24.4 Å². The molecule has 2 unspecified atom stereocenters. The van der Waals surface area contributed by atoms with E-state index in [2.05, 4.69) is 28.4 Å². The molecule has 0 radical (unpaired) electrons. The molecule has 1 aliphatic carbocycles. The van der Waals surface area contributed by atoms with Gasteiger partial charge in [-0.1, -0.05) is 23.7 Å². The highest BCUT2D eigenvalue weighted by molar-refractivity contribution is 7.98. The Labute approximate surface area is 202 Å². The van der Waals surface area contributed by atoms with Crippen molar-refractivity contribution in [3.63, 3.8) is 0 Å². The molecule has 1 aromatic heterocycles. The lowest BCUT2D eigenvalue weighted by Crippen LogP contribution is -2.56. The summed E-state index contributed by atoms with van der Waals surface area (Å²) in [5.74, 6) is 1.05. The minimum atomic E-state index is -4.37. The van der Waals surface area contributed by atoms with E-state index in [0.29, 0.717) is 18.3 Å². The number of benzene rings is 1. The van der Waals surface area contributed by atoms with Crippen molar-refractivity contribution in [2.24, 2.45) is 7.05 Å². The molecule has 0 spiro atoms. The molecular formula is C24H31ClF3N3OS. The summed E-state index contributed by atoms with van der Waals surface area (Å²) in [5.41, 5.74) is 1.14. The van der Waals surface area contributed by atoms with Gasteiger partial charge in [0.2, 0.25) is 0 Å². The molecule has 4 nitrogen and oxygen atoms in total. The number of hydrogen-bond donors (Lipinski definition) is 0. The number of aromatic nitrogens is 2. The topological polar surface area (TPSA) is 30.3 Å². The Kier molecular flexibility index (Phi) is 7.98. The molecule has 2 heterocycles. The summed E-state index contributed by atoms with van der Waals surface area (Å²) in [5, 5.41) is 4.94. The fourth-order valence-electron chi connectivity index (χ4n) is 5.24. The summed E-state index contributed by atoms with van der Waals surface area (Å²) in [6.07, 6.45) is 2.49. The Morgan fingerprint density at radius 3 is 2.45 bits per heavy atom. The molecule has 1 saturated heterocycles. The maximum Gasteiger partial charge on any atom is 0.433 e. The molecule has 1 aromatic carbocycles. The van der Waals surface area contributed by atoms with Crippen LogP contribution in [0.4, 0.5) is 13.2 Å². The second-order valence-electron chi connectivity index (χ2n) is 9.17. The van der Waals surface area contributed by atoms with Crippen LogP contribution in [0.3, 0.4) is 0 Å². The van der Waals surface area contributed by atoms with Crippen LogP contribution in [0.5, 0.6) is 0 Å². The lowest BCUT2D eigenvalue weighted by Gasteiger charge is -2.46. The average Bonchev–Trinajstić information content (AvgIpc) is 3.19. The molecule has 1 saturated carbocycles. The zero-order valence-electron chi connectivity index (χ0n) is 19.0. The highest BCUT2D eigenvalue weighted by atomic mass is 35.5. The number of aryl methyl sites for hydroxylation is 1. The van der Waals surface area contributed by atoms with Gasteiger partial charge in [0.05, 0.1) is 18.4 Å². The predicted octanol–water partition coefficient (Wildman–Crippen LogP) is 5.79. The van der Waals surface area contributed by atoms with Crippen LogP contribution in [0.15, 0.2) is 30.3 Å². The molecule has 182 valence electrons. The first-order valence-electron chi connectivity index (χ1n) is 11.5. The van der Waals surface area contributed by atoms with Crippen molar-refractivity contribution in [3.05, 3.63) is 52.3 Å². The van der Waals surface area contributed by atoms with Crippen LogP contribution >= 0.6 is 23.4 Å². The molecule has 0 amide bonds. The first-order valence-corrected chi connectivity index (χ1v) is 13.2. The van der Waals surface area contributed by atoms with Gasteiger partial charge in [0, 0.05) is 42.4 Å². The third-order valence-corrected chi connectivity index (χ3v) is 7.88. The first kappa shape index (κ1) is 24.9. The van der Waals surface area contributed by atoms with Gasteiger partial charge in [0.15, 0.2) is 0 Å².